The first kappa shape index (κ1) is 18.0. The van der Waals surface area contributed by atoms with Crippen LogP contribution in [0.4, 0.5) is 0 Å². The van der Waals surface area contributed by atoms with E-state index in [9.17, 15) is 4.79 Å². The molecule has 2 aromatic rings. The van der Waals surface area contributed by atoms with Crippen molar-refractivity contribution in [2.75, 3.05) is 26.7 Å². The van der Waals surface area contributed by atoms with Gasteiger partial charge in [-0.3, -0.25) is 9.69 Å². The highest BCUT2D eigenvalue weighted by Crippen LogP contribution is 2.26. The number of rotatable bonds is 4. The van der Waals surface area contributed by atoms with Crippen LogP contribution >= 0.6 is 0 Å². The molecule has 4 rings (SSSR count). The van der Waals surface area contributed by atoms with E-state index in [1.54, 1.807) is 7.11 Å². The van der Waals surface area contributed by atoms with Gasteiger partial charge in [-0.25, -0.2) is 4.98 Å². The number of hydrogen-bond acceptors (Lipinski definition) is 4. The van der Waals surface area contributed by atoms with Crippen LogP contribution in [0.2, 0.25) is 0 Å². The van der Waals surface area contributed by atoms with Crippen molar-refractivity contribution in [1.82, 2.24) is 19.8 Å². The van der Waals surface area contributed by atoms with Gasteiger partial charge in [0.05, 0.1) is 31.1 Å². The molecule has 1 fully saturated rings. The molecule has 0 bridgehead atoms. The SMILES string of the molecule is COc1cccc(-c2nc3c([nH]2)CN(C(=O)[C@H](C)N2CCCCC2)CC3)c1. The number of ether oxygens (including phenoxy) is 1. The van der Waals surface area contributed by atoms with E-state index in [0.717, 1.165) is 54.6 Å². The maximum atomic E-state index is 13.0. The number of benzene rings is 1. The van der Waals surface area contributed by atoms with Crippen LogP contribution in [-0.4, -0.2) is 58.5 Å². The first-order valence-electron chi connectivity index (χ1n) is 9.90. The number of H-pyrrole nitrogens is 1. The van der Waals surface area contributed by atoms with E-state index in [2.05, 4.69) is 16.8 Å². The Labute approximate surface area is 160 Å². The third kappa shape index (κ3) is 3.72. The molecule has 0 radical (unpaired) electrons. The molecule has 1 atom stereocenters. The van der Waals surface area contributed by atoms with Crippen LogP contribution in [0.3, 0.4) is 0 Å². The van der Waals surface area contributed by atoms with Crippen molar-refractivity contribution in [1.29, 1.82) is 0 Å². The number of methoxy groups -OCH3 is 1. The van der Waals surface area contributed by atoms with Crippen molar-refractivity contribution in [3.63, 3.8) is 0 Å². The van der Waals surface area contributed by atoms with E-state index in [-0.39, 0.29) is 11.9 Å². The van der Waals surface area contributed by atoms with Crippen LogP contribution in [0, 0.1) is 0 Å². The number of piperidine rings is 1. The van der Waals surface area contributed by atoms with Crippen LogP contribution < -0.4 is 4.74 Å². The second-order valence-corrected chi connectivity index (χ2v) is 7.53. The highest BCUT2D eigenvalue weighted by atomic mass is 16.5. The Hall–Kier alpha value is -2.34. The zero-order valence-corrected chi connectivity index (χ0v) is 16.2. The lowest BCUT2D eigenvalue weighted by molar-refractivity contribution is -0.137. The van der Waals surface area contributed by atoms with Gasteiger partial charge in [0.15, 0.2) is 0 Å². The molecule has 0 spiro atoms. The summed E-state index contributed by atoms with van der Waals surface area (Å²) in [6, 6.07) is 7.85. The van der Waals surface area contributed by atoms with Gasteiger partial charge in [0.2, 0.25) is 5.91 Å². The van der Waals surface area contributed by atoms with Crippen LogP contribution in [0.25, 0.3) is 11.4 Å². The van der Waals surface area contributed by atoms with E-state index in [1.807, 2.05) is 29.2 Å². The predicted molar refractivity (Wildman–Crippen MR) is 105 cm³/mol. The number of imidazole rings is 1. The molecule has 1 saturated heterocycles. The number of aromatic amines is 1. The van der Waals surface area contributed by atoms with Gasteiger partial charge < -0.3 is 14.6 Å². The van der Waals surface area contributed by atoms with Crippen molar-refractivity contribution in [3.8, 4) is 17.1 Å². The summed E-state index contributed by atoms with van der Waals surface area (Å²) < 4.78 is 5.31. The summed E-state index contributed by atoms with van der Waals surface area (Å²) in [5, 5.41) is 0. The number of amides is 1. The standard InChI is InChI=1S/C21H28N4O2/c1-15(24-10-4-3-5-11-24)21(26)25-12-9-18-19(14-25)23-20(22-18)16-7-6-8-17(13-16)27-2/h6-8,13,15H,3-5,9-12,14H2,1-2H3,(H,22,23)/t15-/m0/s1. The molecule has 1 aromatic carbocycles. The topological polar surface area (TPSA) is 61.5 Å². The third-order valence-corrected chi connectivity index (χ3v) is 5.78. The number of nitrogens with zero attached hydrogens (tertiary/aromatic N) is 3. The number of fused-ring (bicyclic) bond motifs is 1. The van der Waals surface area contributed by atoms with Crippen LogP contribution in [0.1, 0.15) is 37.6 Å². The highest BCUT2D eigenvalue weighted by Gasteiger charge is 2.30. The van der Waals surface area contributed by atoms with E-state index in [0.29, 0.717) is 6.54 Å². The molecule has 3 heterocycles. The summed E-state index contributed by atoms with van der Waals surface area (Å²) in [6.07, 6.45) is 4.48. The Morgan fingerprint density at radius 2 is 2.04 bits per heavy atom. The first-order chi connectivity index (χ1) is 13.2. The zero-order valence-electron chi connectivity index (χ0n) is 16.2. The summed E-state index contributed by atoms with van der Waals surface area (Å²) in [4.78, 5) is 25.5. The van der Waals surface area contributed by atoms with E-state index < -0.39 is 0 Å². The number of carbonyl (C=O) groups is 1. The Morgan fingerprint density at radius 1 is 1.22 bits per heavy atom. The van der Waals surface area contributed by atoms with Gasteiger partial charge in [0.25, 0.3) is 0 Å². The molecular weight excluding hydrogens is 340 g/mol. The molecule has 2 aliphatic heterocycles. The monoisotopic (exact) mass is 368 g/mol. The average Bonchev–Trinajstić information content (AvgIpc) is 3.17. The second-order valence-electron chi connectivity index (χ2n) is 7.53. The number of hydrogen-bond donors (Lipinski definition) is 1. The number of aromatic nitrogens is 2. The second kappa shape index (κ2) is 7.72. The molecule has 144 valence electrons. The van der Waals surface area contributed by atoms with Gasteiger partial charge in [-0.05, 0) is 45.0 Å². The fraction of sp³-hybridized carbons (Fsp3) is 0.524. The maximum absolute atomic E-state index is 13.0. The highest BCUT2D eigenvalue weighted by molar-refractivity contribution is 5.81. The maximum Gasteiger partial charge on any atom is 0.240 e. The molecule has 6 heteroatoms. The van der Waals surface area contributed by atoms with Gasteiger partial charge in [0.1, 0.15) is 11.6 Å². The lowest BCUT2D eigenvalue weighted by Gasteiger charge is -2.35. The molecule has 6 nitrogen and oxygen atoms in total. The Bertz CT molecular complexity index is 810. The van der Waals surface area contributed by atoms with E-state index >= 15 is 0 Å². The lowest BCUT2D eigenvalue weighted by atomic mass is 10.1. The van der Waals surface area contributed by atoms with Gasteiger partial charge in [-0.15, -0.1) is 0 Å². The molecule has 1 N–H and O–H groups in total. The minimum atomic E-state index is -0.0346. The van der Waals surface area contributed by atoms with Crippen molar-refractivity contribution in [3.05, 3.63) is 35.7 Å². The Morgan fingerprint density at radius 3 is 2.81 bits per heavy atom. The third-order valence-electron chi connectivity index (χ3n) is 5.78. The number of nitrogens with one attached hydrogen (secondary N) is 1. The summed E-state index contributed by atoms with van der Waals surface area (Å²) in [5.41, 5.74) is 3.13. The normalized spacial score (nSPS) is 18.8. The van der Waals surface area contributed by atoms with Gasteiger partial charge in [-0.1, -0.05) is 18.6 Å². The minimum absolute atomic E-state index is 0.0346. The molecule has 0 aliphatic carbocycles. The van der Waals surface area contributed by atoms with E-state index in [1.165, 1.54) is 19.3 Å². The molecule has 0 unspecified atom stereocenters. The van der Waals surface area contributed by atoms with Crippen molar-refractivity contribution in [2.45, 2.75) is 45.2 Å². The molecule has 27 heavy (non-hydrogen) atoms. The zero-order chi connectivity index (χ0) is 18.8. The number of carbonyl (C=O) groups excluding carboxylic acids is 1. The molecule has 1 amide bonds. The minimum Gasteiger partial charge on any atom is -0.497 e. The average molecular weight is 368 g/mol. The lowest BCUT2D eigenvalue weighted by Crippen LogP contribution is -2.49. The Kier molecular flexibility index (Phi) is 5.16. The van der Waals surface area contributed by atoms with Crippen LogP contribution in [0.15, 0.2) is 24.3 Å². The molecule has 1 aromatic heterocycles. The van der Waals surface area contributed by atoms with Gasteiger partial charge >= 0.3 is 0 Å². The molecular formula is C21H28N4O2. The van der Waals surface area contributed by atoms with Gasteiger partial charge in [-0.2, -0.15) is 0 Å². The first-order valence-corrected chi connectivity index (χ1v) is 9.90. The molecule has 2 aliphatic rings. The summed E-state index contributed by atoms with van der Waals surface area (Å²) in [7, 11) is 1.67. The fourth-order valence-corrected chi connectivity index (χ4v) is 4.12. The molecule has 0 saturated carbocycles. The van der Waals surface area contributed by atoms with Crippen molar-refractivity contribution < 1.29 is 9.53 Å². The van der Waals surface area contributed by atoms with Gasteiger partial charge in [0, 0.05) is 18.5 Å². The van der Waals surface area contributed by atoms with Crippen molar-refractivity contribution >= 4 is 5.91 Å². The smallest absolute Gasteiger partial charge is 0.240 e. The van der Waals surface area contributed by atoms with Crippen LogP contribution in [-0.2, 0) is 17.8 Å². The number of likely N-dealkylation sites (tertiary alicyclic amines) is 1. The largest absolute Gasteiger partial charge is 0.497 e. The summed E-state index contributed by atoms with van der Waals surface area (Å²) in [5.74, 6) is 1.89. The fourth-order valence-electron chi connectivity index (χ4n) is 4.12. The summed E-state index contributed by atoms with van der Waals surface area (Å²) >= 11 is 0. The predicted octanol–water partition coefficient (Wildman–Crippen LogP) is 2.84. The van der Waals surface area contributed by atoms with Crippen molar-refractivity contribution in [2.24, 2.45) is 0 Å². The quantitative estimate of drug-likeness (QED) is 0.901. The van der Waals surface area contributed by atoms with Crippen LogP contribution in [0.5, 0.6) is 5.75 Å². The summed E-state index contributed by atoms with van der Waals surface area (Å²) in [6.45, 7) is 5.49. The Balaban J connectivity index is 1.48. The van der Waals surface area contributed by atoms with E-state index in [4.69, 9.17) is 9.72 Å².